The maximum absolute atomic E-state index is 12.8. The van der Waals surface area contributed by atoms with Gasteiger partial charge in [-0.05, 0) is 17.7 Å². The Morgan fingerprint density at radius 3 is 2.61 bits per heavy atom. The molecule has 0 bridgehead atoms. The molecule has 1 N–H and O–H groups in total. The molecule has 100 valence electrons. The van der Waals surface area contributed by atoms with E-state index in [-0.39, 0.29) is 13.0 Å². The number of halogens is 4. The fraction of sp³-hybridized carbons (Fsp3) is 0.364. The molecule has 18 heavy (non-hydrogen) atoms. The third-order valence-electron chi connectivity index (χ3n) is 2.05. The van der Waals surface area contributed by atoms with Gasteiger partial charge in [0.05, 0.1) is 13.0 Å². The summed E-state index contributed by atoms with van der Waals surface area (Å²) in [6.07, 6.45) is -0.228. The van der Waals surface area contributed by atoms with E-state index < -0.39 is 30.8 Å². The van der Waals surface area contributed by atoms with Crippen LogP contribution in [0.25, 0.3) is 0 Å². The molecule has 0 unspecified atom stereocenters. The summed E-state index contributed by atoms with van der Waals surface area (Å²) >= 11 is 0. The van der Waals surface area contributed by atoms with Gasteiger partial charge in [0.25, 0.3) is 0 Å². The second kappa shape index (κ2) is 6.95. The molecular formula is C11H11F4NO2. The van der Waals surface area contributed by atoms with Gasteiger partial charge in [0, 0.05) is 6.54 Å². The number of carbonyl (C=O) groups excluding carboxylic acids is 1. The van der Waals surface area contributed by atoms with Crippen LogP contribution in [-0.2, 0) is 16.1 Å². The fourth-order valence-corrected chi connectivity index (χ4v) is 1.18. The lowest BCUT2D eigenvalue weighted by Gasteiger charge is -2.06. The first-order chi connectivity index (χ1) is 8.49. The summed E-state index contributed by atoms with van der Waals surface area (Å²) in [7, 11) is 0. The van der Waals surface area contributed by atoms with Crippen LogP contribution >= 0.6 is 0 Å². The first-order valence-electron chi connectivity index (χ1n) is 5.09. The van der Waals surface area contributed by atoms with Gasteiger partial charge in [0.1, 0.15) is 0 Å². The zero-order valence-electron chi connectivity index (χ0n) is 9.26. The Morgan fingerprint density at radius 2 is 2.00 bits per heavy atom. The van der Waals surface area contributed by atoms with Crippen LogP contribution in [-0.4, -0.2) is 19.1 Å². The standard InChI is InChI=1S/C11H11F4NO2/c12-8-2-1-7(5-9(8)13)6-16-10(17)3-4-18-11(14)15/h1-2,5,11H,3-4,6H2,(H,16,17). The second-order valence-corrected chi connectivity index (χ2v) is 3.41. The van der Waals surface area contributed by atoms with Gasteiger partial charge in [-0.2, -0.15) is 8.78 Å². The van der Waals surface area contributed by atoms with Crippen molar-refractivity contribution in [2.75, 3.05) is 6.61 Å². The normalized spacial score (nSPS) is 10.7. The van der Waals surface area contributed by atoms with Crippen LogP contribution in [0.4, 0.5) is 17.6 Å². The topological polar surface area (TPSA) is 38.3 Å². The van der Waals surface area contributed by atoms with Crippen LogP contribution in [0, 0.1) is 11.6 Å². The molecule has 0 aliphatic carbocycles. The van der Waals surface area contributed by atoms with Crippen LogP contribution in [0.1, 0.15) is 12.0 Å². The van der Waals surface area contributed by atoms with Gasteiger partial charge in [-0.3, -0.25) is 4.79 Å². The van der Waals surface area contributed by atoms with E-state index in [4.69, 9.17) is 0 Å². The Bertz CT molecular complexity index is 412. The van der Waals surface area contributed by atoms with Gasteiger partial charge in [-0.25, -0.2) is 8.78 Å². The van der Waals surface area contributed by atoms with Crippen LogP contribution in [0.5, 0.6) is 0 Å². The number of ether oxygens (including phenoxy) is 1. The lowest BCUT2D eigenvalue weighted by atomic mass is 10.2. The van der Waals surface area contributed by atoms with Crippen molar-refractivity contribution in [2.24, 2.45) is 0 Å². The first kappa shape index (κ1) is 14.4. The highest BCUT2D eigenvalue weighted by Gasteiger charge is 2.07. The molecule has 0 aliphatic heterocycles. The Morgan fingerprint density at radius 1 is 1.28 bits per heavy atom. The number of carbonyl (C=O) groups is 1. The lowest BCUT2D eigenvalue weighted by molar-refractivity contribution is -0.138. The maximum atomic E-state index is 12.8. The Balaban J connectivity index is 2.31. The molecule has 1 aromatic rings. The summed E-state index contributed by atoms with van der Waals surface area (Å²) in [5, 5.41) is 2.37. The smallest absolute Gasteiger partial charge is 0.345 e. The minimum atomic E-state index is -2.91. The van der Waals surface area contributed by atoms with Gasteiger partial charge in [-0.15, -0.1) is 0 Å². The number of hydrogen-bond acceptors (Lipinski definition) is 2. The Labute approximate surface area is 101 Å². The molecule has 0 atom stereocenters. The quantitative estimate of drug-likeness (QED) is 0.801. The molecule has 1 amide bonds. The zero-order chi connectivity index (χ0) is 13.5. The highest BCUT2D eigenvalue weighted by molar-refractivity contribution is 5.75. The van der Waals surface area contributed by atoms with Crippen molar-refractivity contribution in [2.45, 2.75) is 19.6 Å². The van der Waals surface area contributed by atoms with Gasteiger partial charge in [-0.1, -0.05) is 6.07 Å². The number of benzene rings is 1. The minimum absolute atomic E-state index is 0.00921. The van der Waals surface area contributed by atoms with Gasteiger partial charge in [0.15, 0.2) is 11.6 Å². The summed E-state index contributed by atoms with van der Waals surface area (Å²) in [6, 6.07) is 3.20. The van der Waals surface area contributed by atoms with E-state index in [0.717, 1.165) is 12.1 Å². The molecule has 1 aromatic carbocycles. The van der Waals surface area contributed by atoms with Crippen molar-refractivity contribution in [3.05, 3.63) is 35.4 Å². The van der Waals surface area contributed by atoms with Gasteiger partial charge in [0.2, 0.25) is 5.91 Å². The number of nitrogens with one attached hydrogen (secondary N) is 1. The first-order valence-corrected chi connectivity index (χ1v) is 5.09. The largest absolute Gasteiger partial charge is 0.352 e. The molecule has 0 saturated carbocycles. The molecular weight excluding hydrogens is 254 g/mol. The predicted molar refractivity (Wildman–Crippen MR) is 54.8 cm³/mol. The molecule has 0 aliphatic rings. The van der Waals surface area contributed by atoms with E-state index in [1.165, 1.54) is 6.07 Å². The number of alkyl halides is 2. The van der Waals surface area contributed by atoms with E-state index in [1.54, 1.807) is 0 Å². The van der Waals surface area contributed by atoms with E-state index in [2.05, 4.69) is 10.1 Å². The van der Waals surface area contributed by atoms with Crippen LogP contribution in [0.2, 0.25) is 0 Å². The fourth-order valence-electron chi connectivity index (χ4n) is 1.18. The molecule has 3 nitrogen and oxygen atoms in total. The minimum Gasteiger partial charge on any atom is -0.352 e. The lowest BCUT2D eigenvalue weighted by Crippen LogP contribution is -2.24. The van der Waals surface area contributed by atoms with Crippen LogP contribution in [0.15, 0.2) is 18.2 Å². The molecule has 0 spiro atoms. The van der Waals surface area contributed by atoms with Crippen molar-refractivity contribution >= 4 is 5.91 Å². The molecule has 7 heteroatoms. The van der Waals surface area contributed by atoms with Crippen LogP contribution in [0.3, 0.4) is 0 Å². The van der Waals surface area contributed by atoms with Crippen LogP contribution < -0.4 is 5.32 Å². The molecule has 0 saturated heterocycles. The molecule has 0 fully saturated rings. The van der Waals surface area contributed by atoms with E-state index in [1.807, 2.05) is 0 Å². The van der Waals surface area contributed by atoms with Crippen molar-refractivity contribution < 1.29 is 27.1 Å². The molecule has 0 heterocycles. The zero-order valence-corrected chi connectivity index (χ0v) is 9.26. The second-order valence-electron chi connectivity index (χ2n) is 3.41. The monoisotopic (exact) mass is 265 g/mol. The number of amides is 1. The highest BCUT2D eigenvalue weighted by atomic mass is 19.3. The van der Waals surface area contributed by atoms with E-state index in [9.17, 15) is 22.4 Å². The molecule has 0 radical (unpaired) electrons. The average molecular weight is 265 g/mol. The molecule has 0 aromatic heterocycles. The highest BCUT2D eigenvalue weighted by Crippen LogP contribution is 2.08. The predicted octanol–water partition coefficient (Wildman–Crippen LogP) is 2.21. The van der Waals surface area contributed by atoms with Gasteiger partial charge < -0.3 is 10.1 Å². The Kier molecular flexibility index (Phi) is 5.57. The third-order valence-corrected chi connectivity index (χ3v) is 2.05. The van der Waals surface area contributed by atoms with E-state index >= 15 is 0 Å². The number of rotatable bonds is 6. The van der Waals surface area contributed by atoms with E-state index in [0.29, 0.717) is 5.56 Å². The van der Waals surface area contributed by atoms with Crippen molar-refractivity contribution in [3.8, 4) is 0 Å². The SMILES string of the molecule is O=C(CCOC(F)F)NCc1ccc(F)c(F)c1. The van der Waals surface area contributed by atoms with Crippen molar-refractivity contribution in [1.29, 1.82) is 0 Å². The maximum Gasteiger partial charge on any atom is 0.345 e. The summed E-state index contributed by atoms with van der Waals surface area (Å²) in [5.41, 5.74) is 0.372. The van der Waals surface area contributed by atoms with Crippen molar-refractivity contribution in [1.82, 2.24) is 5.32 Å². The average Bonchev–Trinajstić information content (AvgIpc) is 2.30. The number of hydrogen-bond donors (Lipinski definition) is 1. The summed E-state index contributed by atoms with van der Waals surface area (Å²) < 4.78 is 52.5. The van der Waals surface area contributed by atoms with Gasteiger partial charge >= 0.3 is 6.61 Å². The summed E-state index contributed by atoms with van der Waals surface area (Å²) in [5.74, 6) is -2.50. The summed E-state index contributed by atoms with van der Waals surface area (Å²) in [4.78, 5) is 11.1. The third kappa shape index (κ3) is 5.13. The molecule has 1 rings (SSSR count). The summed E-state index contributed by atoms with van der Waals surface area (Å²) in [6.45, 7) is -3.32. The van der Waals surface area contributed by atoms with Crippen molar-refractivity contribution in [3.63, 3.8) is 0 Å². The Hall–Kier alpha value is -1.63.